The Hall–Kier alpha value is -9.47. The number of nitrogen functional groups attached to an aromatic ring is 1. The second-order valence-electron chi connectivity index (χ2n) is 20.3. The Morgan fingerprint density at radius 3 is 1.56 bits per heavy atom. The molecule has 3 amide bonds. The first-order chi connectivity index (χ1) is 37.1. The molecule has 22 nitrogen and oxygen atoms in total. The molecule has 78 heavy (non-hydrogen) atoms. The second kappa shape index (κ2) is 24.5. The highest BCUT2D eigenvalue weighted by Gasteiger charge is 2.38. The summed E-state index contributed by atoms with van der Waals surface area (Å²) in [7, 11) is 3.11. The lowest BCUT2D eigenvalue weighted by atomic mass is 10.1. The van der Waals surface area contributed by atoms with E-state index in [1.165, 1.54) is 45.6 Å². The number of amides is 3. The molecule has 1 aliphatic heterocycles. The van der Waals surface area contributed by atoms with Crippen molar-refractivity contribution in [1.29, 1.82) is 0 Å². The van der Waals surface area contributed by atoms with Crippen molar-refractivity contribution in [2.45, 2.75) is 84.2 Å². The van der Waals surface area contributed by atoms with Crippen LogP contribution in [0.25, 0.3) is 22.5 Å². The average molecular weight is 1060 g/mol. The van der Waals surface area contributed by atoms with Crippen LogP contribution in [0.2, 0.25) is 0 Å². The van der Waals surface area contributed by atoms with Gasteiger partial charge < -0.3 is 36.5 Å². The number of ether oxygens (including phenoxy) is 2. The van der Waals surface area contributed by atoms with Crippen LogP contribution >= 0.6 is 0 Å². The van der Waals surface area contributed by atoms with Gasteiger partial charge in [-0.3, -0.25) is 48.5 Å². The van der Waals surface area contributed by atoms with E-state index in [9.17, 15) is 34.1 Å². The number of anilines is 4. The third-order valence-corrected chi connectivity index (χ3v) is 12.0. The first-order valence-corrected chi connectivity index (χ1v) is 25.0. The van der Waals surface area contributed by atoms with E-state index >= 15 is 0 Å². The van der Waals surface area contributed by atoms with Crippen molar-refractivity contribution < 1.29 is 28.8 Å². The number of carbonyl (C=O) groups is 3. The minimum Gasteiger partial charge on any atom is -0.444 e. The zero-order valence-electron chi connectivity index (χ0n) is 44.6. The number of benzene rings is 3. The fraction of sp³-hybridized carbons (Fsp3) is 0.304. The zero-order valence-corrected chi connectivity index (χ0v) is 44.6. The lowest BCUT2D eigenvalue weighted by Crippen LogP contribution is -2.44. The van der Waals surface area contributed by atoms with Gasteiger partial charge in [-0.05, 0) is 95.3 Å². The number of aromatic nitrogens is 6. The van der Waals surface area contributed by atoms with Gasteiger partial charge in [0.25, 0.3) is 22.7 Å². The Kier molecular flexibility index (Phi) is 17.6. The number of nitrogens with zero attached hydrogens (tertiary/aromatic N) is 8. The molecule has 3 aromatic carbocycles. The zero-order chi connectivity index (χ0) is 56.3. The van der Waals surface area contributed by atoms with Crippen LogP contribution in [-0.4, -0.2) is 88.5 Å². The Morgan fingerprint density at radius 2 is 1.10 bits per heavy atom. The Balaban J connectivity index is 0.000000238. The number of nitrogens with one attached hydrogen (secondary N) is 4. The molecule has 2 atom stereocenters. The highest BCUT2D eigenvalue weighted by molar-refractivity contribution is 6.13. The summed E-state index contributed by atoms with van der Waals surface area (Å²) in [5.74, 6) is -0.128. The lowest BCUT2D eigenvalue weighted by molar-refractivity contribution is -0.385. The molecule has 6 N–H and O–H groups in total. The third-order valence-electron chi connectivity index (χ3n) is 12.0. The van der Waals surface area contributed by atoms with Crippen LogP contribution in [0.3, 0.4) is 0 Å². The molecule has 0 fully saturated rings. The number of pyridine rings is 2. The number of nitro benzene ring substituents is 1. The number of hydrogen-bond donors (Lipinski definition) is 5. The van der Waals surface area contributed by atoms with E-state index in [4.69, 9.17) is 20.2 Å². The normalized spacial score (nSPS) is 12.8. The van der Waals surface area contributed by atoms with Crippen molar-refractivity contribution >= 4 is 47.1 Å². The lowest BCUT2D eigenvalue weighted by Gasteiger charge is -2.25. The average Bonchev–Trinajstić information content (AvgIpc) is 3.98. The molecule has 1 aliphatic rings. The minimum absolute atomic E-state index is 0.0162. The van der Waals surface area contributed by atoms with E-state index in [0.29, 0.717) is 47.7 Å². The van der Waals surface area contributed by atoms with Crippen molar-refractivity contribution in [2.24, 2.45) is 14.1 Å². The molecule has 5 heterocycles. The van der Waals surface area contributed by atoms with Crippen LogP contribution in [0.4, 0.5) is 38.5 Å². The molecule has 0 bridgehead atoms. The molecule has 8 rings (SSSR count). The Bertz CT molecular complexity index is 3380. The summed E-state index contributed by atoms with van der Waals surface area (Å²) < 4.78 is 13.5. The molecule has 4 aromatic heterocycles. The number of fused-ring (bicyclic) bond motifs is 1. The highest BCUT2D eigenvalue weighted by Crippen LogP contribution is 2.36. The second-order valence-corrected chi connectivity index (χ2v) is 20.3. The van der Waals surface area contributed by atoms with E-state index in [2.05, 4.69) is 36.2 Å². The number of hydrogen-bond acceptors (Lipinski definition) is 16. The number of nitrogens with two attached hydrogens (primary N) is 1. The molecule has 0 radical (unpaired) electrons. The molecule has 22 heteroatoms. The van der Waals surface area contributed by atoms with Crippen LogP contribution in [-0.2, 0) is 43.0 Å². The highest BCUT2D eigenvalue weighted by atomic mass is 16.6. The van der Waals surface area contributed by atoms with Gasteiger partial charge in [0.2, 0.25) is 11.9 Å². The van der Waals surface area contributed by atoms with Crippen molar-refractivity contribution in [2.75, 3.05) is 34.4 Å². The van der Waals surface area contributed by atoms with Gasteiger partial charge >= 0.3 is 12.2 Å². The van der Waals surface area contributed by atoms with Gasteiger partial charge in [-0.2, -0.15) is 0 Å². The first-order valence-electron chi connectivity index (χ1n) is 25.0. The molecular weight excluding hydrogens is 999 g/mol. The van der Waals surface area contributed by atoms with Gasteiger partial charge in [0, 0.05) is 69.2 Å². The van der Waals surface area contributed by atoms with Gasteiger partial charge in [0.1, 0.15) is 39.5 Å². The van der Waals surface area contributed by atoms with Crippen LogP contribution in [0.5, 0.6) is 0 Å². The quantitative estimate of drug-likeness (QED) is 0.0464. The largest absolute Gasteiger partial charge is 0.444 e. The van der Waals surface area contributed by atoms with E-state index in [1.54, 1.807) is 70.5 Å². The summed E-state index contributed by atoms with van der Waals surface area (Å²) in [6, 6.07) is 29.9. The maximum absolute atomic E-state index is 14.0. The summed E-state index contributed by atoms with van der Waals surface area (Å²) in [5.41, 5.74) is 7.77. The Morgan fingerprint density at radius 1 is 0.654 bits per heavy atom. The summed E-state index contributed by atoms with van der Waals surface area (Å²) in [6.07, 6.45) is 6.24. The van der Waals surface area contributed by atoms with Gasteiger partial charge in [-0.15, -0.1) is 0 Å². The maximum Gasteiger partial charge on any atom is 0.407 e. The molecule has 0 saturated carbocycles. The van der Waals surface area contributed by atoms with Crippen LogP contribution in [0.1, 0.15) is 68.6 Å². The van der Waals surface area contributed by atoms with E-state index in [-0.39, 0.29) is 59.0 Å². The number of carbonyl (C=O) groups excluding carboxylic acids is 3. The van der Waals surface area contributed by atoms with E-state index in [1.807, 2.05) is 81.4 Å². The smallest absolute Gasteiger partial charge is 0.407 e. The number of alkyl carbamates (subject to hydrolysis) is 2. The van der Waals surface area contributed by atoms with E-state index < -0.39 is 45.8 Å². The van der Waals surface area contributed by atoms with Crippen molar-refractivity contribution in [1.82, 2.24) is 39.7 Å². The fourth-order valence-corrected chi connectivity index (χ4v) is 8.41. The van der Waals surface area contributed by atoms with Gasteiger partial charge in [0.05, 0.1) is 23.6 Å². The molecule has 0 spiro atoms. The third kappa shape index (κ3) is 14.5. The van der Waals surface area contributed by atoms with Crippen LogP contribution in [0.15, 0.2) is 138 Å². The minimum atomic E-state index is -0.692. The van der Waals surface area contributed by atoms with Crippen LogP contribution < -0.4 is 43.0 Å². The summed E-state index contributed by atoms with van der Waals surface area (Å²) >= 11 is 0. The van der Waals surface area contributed by atoms with Gasteiger partial charge in [-0.1, -0.05) is 72.8 Å². The molecular formula is C56H63N13O9. The van der Waals surface area contributed by atoms with Crippen molar-refractivity contribution in [3.05, 3.63) is 181 Å². The maximum atomic E-state index is 14.0. The fourth-order valence-electron chi connectivity index (χ4n) is 8.41. The van der Waals surface area contributed by atoms with Crippen LogP contribution in [0, 0.1) is 10.1 Å². The van der Waals surface area contributed by atoms with Crippen molar-refractivity contribution in [3.8, 4) is 22.5 Å². The summed E-state index contributed by atoms with van der Waals surface area (Å²) in [6.45, 7) is 11.2. The molecule has 0 aliphatic carbocycles. The van der Waals surface area contributed by atoms with Gasteiger partial charge in [-0.25, -0.2) is 19.6 Å². The summed E-state index contributed by atoms with van der Waals surface area (Å²) in [5, 5.41) is 23.9. The SMILES string of the molecule is Cn1c(NC[C@H](Cc2ccccc2)NC(=O)OC(C)(C)C)nc(-c2ccncc2)c(N)c1=O.Cn1c(NC[C@H](Cc2ccccc2)NC(=O)OC(C)(C)C)nc(-c2ccncc2)c(N2Cc3cccc([N+](=O)[O-])c3C2=O)c1=O. The Labute approximate surface area is 450 Å². The number of rotatable bonds is 16. The van der Waals surface area contributed by atoms with Gasteiger partial charge in [0.15, 0.2) is 0 Å². The molecule has 0 unspecified atom stereocenters. The molecule has 0 saturated heterocycles. The predicted octanol–water partition coefficient (Wildman–Crippen LogP) is 7.43. The summed E-state index contributed by atoms with van der Waals surface area (Å²) in [4.78, 5) is 95.2. The standard InChI is InChI=1S/C32H33N7O6.C24H30N6O3/c1-32(2,3)45-31(42)35-23(17-20-9-6-5-7-10-20)18-34-30-36-26(21-13-15-33-16-14-21)27(29(41)37(30)4)38-19-22-11-8-12-24(39(43)44)25(22)28(38)40;1-24(2,3)33-23(32)28-18(14-16-8-6-5-7-9-16)15-27-22-29-20(17-10-12-26-13-11-17)19(25)21(31)30(22)4/h5-16,23H,17-19H2,1-4H3,(H,34,36)(H,35,42);5-13,18H,14-15,25H2,1-4H3,(H,27,29)(H,28,32)/t23-;18-/m00/s1. The van der Waals surface area contributed by atoms with Crippen molar-refractivity contribution in [3.63, 3.8) is 0 Å². The number of nitro groups is 1. The molecule has 406 valence electrons. The molecule has 7 aromatic rings. The first kappa shape index (κ1) is 56.3. The van der Waals surface area contributed by atoms with E-state index in [0.717, 1.165) is 11.1 Å². The predicted molar refractivity (Wildman–Crippen MR) is 297 cm³/mol. The topological polar surface area (TPSA) is 286 Å². The monoisotopic (exact) mass is 1060 g/mol.